The fraction of sp³-hybridized carbons (Fsp3) is 0.143. The number of carbonyl (C=O) groups is 1. The van der Waals surface area contributed by atoms with Crippen LogP contribution in [0.3, 0.4) is 0 Å². The monoisotopic (exact) mass is 299 g/mol. The summed E-state index contributed by atoms with van der Waals surface area (Å²) in [4.78, 5) is 14.2. The lowest BCUT2D eigenvalue weighted by Gasteiger charge is -2.11. The summed E-state index contributed by atoms with van der Waals surface area (Å²) in [5, 5.41) is 8.77. The first-order valence-corrected chi connectivity index (χ1v) is 5.82. The largest absolute Gasteiger partial charge is 0.481 e. The SMILES string of the molecule is O=C(O)Cc1nc(F)ccc1-c1cccc(C(F)(F)F)c1. The second-order valence-electron chi connectivity index (χ2n) is 4.28. The highest BCUT2D eigenvalue weighted by Gasteiger charge is 2.30. The summed E-state index contributed by atoms with van der Waals surface area (Å²) in [6.45, 7) is 0. The standard InChI is InChI=1S/C14H9F4NO2/c15-12-5-4-10(11(19-12)7-13(20)21)8-2-1-3-9(6-8)14(16,17)18/h1-6H,7H2,(H,20,21). The van der Waals surface area contributed by atoms with Gasteiger partial charge in [0.2, 0.25) is 5.95 Å². The maximum absolute atomic E-state index is 13.1. The first-order chi connectivity index (χ1) is 9.77. The number of nitrogens with zero attached hydrogens (tertiary/aromatic N) is 1. The van der Waals surface area contributed by atoms with E-state index in [9.17, 15) is 22.4 Å². The molecule has 1 heterocycles. The third-order valence-corrected chi connectivity index (χ3v) is 2.76. The van der Waals surface area contributed by atoms with E-state index in [1.165, 1.54) is 18.2 Å². The number of benzene rings is 1. The first-order valence-electron chi connectivity index (χ1n) is 5.82. The molecule has 7 heteroatoms. The summed E-state index contributed by atoms with van der Waals surface area (Å²) in [6, 6.07) is 6.55. The van der Waals surface area contributed by atoms with Gasteiger partial charge in [-0.05, 0) is 29.8 Å². The van der Waals surface area contributed by atoms with Crippen LogP contribution in [0.25, 0.3) is 11.1 Å². The topological polar surface area (TPSA) is 50.2 Å². The second-order valence-corrected chi connectivity index (χ2v) is 4.28. The van der Waals surface area contributed by atoms with E-state index in [0.717, 1.165) is 18.2 Å². The van der Waals surface area contributed by atoms with Crippen LogP contribution < -0.4 is 0 Å². The Kier molecular flexibility index (Phi) is 3.93. The lowest BCUT2D eigenvalue weighted by Crippen LogP contribution is -2.07. The molecule has 0 spiro atoms. The summed E-state index contributed by atoms with van der Waals surface area (Å²) >= 11 is 0. The average Bonchev–Trinajstić information content (AvgIpc) is 2.37. The van der Waals surface area contributed by atoms with Gasteiger partial charge in [-0.2, -0.15) is 17.6 Å². The van der Waals surface area contributed by atoms with Gasteiger partial charge in [0.05, 0.1) is 17.7 Å². The van der Waals surface area contributed by atoms with Gasteiger partial charge in [-0.3, -0.25) is 4.79 Å². The van der Waals surface area contributed by atoms with Crippen molar-refractivity contribution < 1.29 is 27.5 Å². The van der Waals surface area contributed by atoms with Gasteiger partial charge in [0.15, 0.2) is 0 Å². The van der Waals surface area contributed by atoms with Crippen LogP contribution in [0.5, 0.6) is 0 Å². The molecule has 21 heavy (non-hydrogen) atoms. The molecule has 0 saturated carbocycles. The highest BCUT2D eigenvalue weighted by molar-refractivity contribution is 5.75. The molecule has 1 N–H and O–H groups in total. The molecule has 2 aromatic rings. The highest BCUT2D eigenvalue weighted by atomic mass is 19.4. The van der Waals surface area contributed by atoms with E-state index < -0.39 is 30.1 Å². The van der Waals surface area contributed by atoms with E-state index in [-0.39, 0.29) is 16.8 Å². The number of halogens is 4. The highest BCUT2D eigenvalue weighted by Crippen LogP contribution is 2.33. The predicted octanol–water partition coefficient (Wildman–Crippen LogP) is 3.53. The minimum absolute atomic E-state index is 0.123. The molecule has 0 aliphatic heterocycles. The van der Waals surface area contributed by atoms with Crippen molar-refractivity contribution in [2.24, 2.45) is 0 Å². The number of hydrogen-bond acceptors (Lipinski definition) is 2. The van der Waals surface area contributed by atoms with Crippen molar-refractivity contribution in [3.63, 3.8) is 0 Å². The van der Waals surface area contributed by atoms with Crippen LogP contribution in [-0.2, 0) is 17.4 Å². The molecule has 0 aliphatic rings. The van der Waals surface area contributed by atoms with Gasteiger partial charge >= 0.3 is 12.1 Å². The number of aliphatic carboxylic acids is 1. The Bertz CT molecular complexity index is 683. The fourth-order valence-corrected chi connectivity index (χ4v) is 1.88. The normalized spacial score (nSPS) is 11.4. The van der Waals surface area contributed by atoms with Crippen molar-refractivity contribution in [1.82, 2.24) is 4.98 Å². The molecule has 1 aromatic heterocycles. The lowest BCUT2D eigenvalue weighted by atomic mass is 10.00. The van der Waals surface area contributed by atoms with Gasteiger partial charge in [-0.1, -0.05) is 12.1 Å². The van der Waals surface area contributed by atoms with E-state index in [0.29, 0.717) is 0 Å². The third-order valence-electron chi connectivity index (χ3n) is 2.76. The van der Waals surface area contributed by atoms with Crippen molar-refractivity contribution in [3.8, 4) is 11.1 Å². The Morgan fingerprint density at radius 2 is 1.90 bits per heavy atom. The molecule has 2 rings (SSSR count). The molecule has 0 atom stereocenters. The summed E-state index contributed by atoms with van der Waals surface area (Å²) in [6.07, 6.45) is -5.10. The van der Waals surface area contributed by atoms with Crippen LogP contribution in [0.4, 0.5) is 17.6 Å². The lowest BCUT2D eigenvalue weighted by molar-refractivity contribution is -0.138. The smallest absolute Gasteiger partial charge is 0.416 e. The maximum Gasteiger partial charge on any atom is 0.416 e. The Labute approximate surface area is 116 Å². The molecule has 0 bridgehead atoms. The maximum atomic E-state index is 13.1. The number of pyridine rings is 1. The number of rotatable bonds is 3. The molecule has 1 aromatic carbocycles. The minimum Gasteiger partial charge on any atom is -0.481 e. The molecule has 3 nitrogen and oxygen atoms in total. The molecule has 110 valence electrons. The van der Waals surface area contributed by atoms with E-state index in [1.807, 2.05) is 0 Å². The van der Waals surface area contributed by atoms with Crippen molar-refractivity contribution in [2.75, 3.05) is 0 Å². The Morgan fingerprint density at radius 1 is 1.19 bits per heavy atom. The molecule has 0 radical (unpaired) electrons. The minimum atomic E-state index is -4.52. The van der Waals surface area contributed by atoms with Crippen LogP contribution in [0.15, 0.2) is 36.4 Å². The van der Waals surface area contributed by atoms with Crippen molar-refractivity contribution in [3.05, 3.63) is 53.6 Å². The number of hydrogen-bond donors (Lipinski definition) is 1. The van der Waals surface area contributed by atoms with E-state index in [1.54, 1.807) is 0 Å². The van der Waals surface area contributed by atoms with Crippen molar-refractivity contribution in [1.29, 1.82) is 0 Å². The molecular formula is C14H9F4NO2. The summed E-state index contributed by atoms with van der Waals surface area (Å²) < 4.78 is 51.2. The first kappa shape index (κ1) is 15.0. The number of carboxylic acid groups (broad SMARTS) is 1. The Hall–Kier alpha value is -2.44. The molecular weight excluding hydrogens is 290 g/mol. The van der Waals surface area contributed by atoms with Crippen molar-refractivity contribution >= 4 is 5.97 Å². The van der Waals surface area contributed by atoms with Gasteiger partial charge in [0.1, 0.15) is 0 Å². The number of aromatic nitrogens is 1. The van der Waals surface area contributed by atoms with E-state index in [2.05, 4.69) is 4.98 Å². The van der Waals surface area contributed by atoms with Crippen LogP contribution in [0, 0.1) is 5.95 Å². The van der Waals surface area contributed by atoms with Crippen molar-refractivity contribution in [2.45, 2.75) is 12.6 Å². The molecule has 0 amide bonds. The second kappa shape index (κ2) is 5.51. The average molecular weight is 299 g/mol. The van der Waals surface area contributed by atoms with Crippen LogP contribution in [0.2, 0.25) is 0 Å². The molecule has 0 aliphatic carbocycles. The number of carboxylic acids is 1. The van der Waals surface area contributed by atoms with Crippen LogP contribution in [-0.4, -0.2) is 16.1 Å². The Morgan fingerprint density at radius 3 is 2.52 bits per heavy atom. The molecule has 0 saturated heterocycles. The van der Waals surface area contributed by atoms with E-state index >= 15 is 0 Å². The third kappa shape index (κ3) is 3.56. The Balaban J connectivity index is 2.54. The quantitative estimate of drug-likeness (QED) is 0.696. The van der Waals surface area contributed by atoms with Crippen LogP contribution in [0.1, 0.15) is 11.3 Å². The summed E-state index contributed by atoms with van der Waals surface area (Å²) in [5.41, 5.74) is -0.703. The summed E-state index contributed by atoms with van der Waals surface area (Å²) in [7, 11) is 0. The fourth-order valence-electron chi connectivity index (χ4n) is 1.88. The van der Waals surface area contributed by atoms with Gasteiger partial charge in [-0.25, -0.2) is 4.98 Å². The number of alkyl halides is 3. The van der Waals surface area contributed by atoms with Gasteiger partial charge in [0.25, 0.3) is 0 Å². The van der Waals surface area contributed by atoms with E-state index in [4.69, 9.17) is 5.11 Å². The van der Waals surface area contributed by atoms with Gasteiger partial charge in [-0.15, -0.1) is 0 Å². The molecule has 0 fully saturated rings. The van der Waals surface area contributed by atoms with Gasteiger partial charge in [0, 0.05) is 5.56 Å². The van der Waals surface area contributed by atoms with Gasteiger partial charge < -0.3 is 5.11 Å². The summed E-state index contributed by atoms with van der Waals surface area (Å²) in [5.74, 6) is -2.14. The molecule has 0 unspecified atom stereocenters. The predicted molar refractivity (Wildman–Crippen MR) is 66.0 cm³/mol. The zero-order valence-corrected chi connectivity index (χ0v) is 10.5. The van der Waals surface area contributed by atoms with Crippen LogP contribution >= 0.6 is 0 Å². The zero-order chi connectivity index (χ0) is 15.6. The zero-order valence-electron chi connectivity index (χ0n) is 10.5.